The first-order valence-electron chi connectivity index (χ1n) is 8.72. The minimum absolute atomic E-state index is 0.00938. The smallest absolute Gasteiger partial charge is 0.272 e. The van der Waals surface area contributed by atoms with Crippen molar-refractivity contribution in [2.45, 2.75) is 0 Å². The summed E-state index contributed by atoms with van der Waals surface area (Å²) in [7, 11) is 0. The molecular formula is C21H15N5O3. The zero-order valence-electron chi connectivity index (χ0n) is 15.1. The fourth-order valence-corrected chi connectivity index (χ4v) is 2.84. The van der Waals surface area contributed by atoms with Crippen LogP contribution in [0.3, 0.4) is 0 Å². The van der Waals surface area contributed by atoms with E-state index in [1.54, 1.807) is 18.2 Å². The Labute approximate surface area is 165 Å². The lowest BCUT2D eigenvalue weighted by molar-refractivity contribution is -0.384. The summed E-state index contributed by atoms with van der Waals surface area (Å²) in [5.41, 5.74) is 4.84. The average molecular weight is 385 g/mol. The number of aromatic amines is 1. The first-order chi connectivity index (χ1) is 14.1. The van der Waals surface area contributed by atoms with Crippen molar-refractivity contribution < 1.29 is 9.72 Å². The molecule has 8 nitrogen and oxygen atoms in total. The maximum Gasteiger partial charge on any atom is 0.289 e. The van der Waals surface area contributed by atoms with E-state index in [-0.39, 0.29) is 11.4 Å². The molecule has 4 aromatic rings. The van der Waals surface area contributed by atoms with Gasteiger partial charge in [-0.05, 0) is 40.6 Å². The quantitative estimate of drug-likeness (QED) is 0.308. The van der Waals surface area contributed by atoms with E-state index in [4.69, 9.17) is 0 Å². The molecule has 142 valence electrons. The summed E-state index contributed by atoms with van der Waals surface area (Å²) in [6, 6.07) is 21.5. The number of H-pyrrole nitrogens is 1. The molecule has 0 fully saturated rings. The van der Waals surface area contributed by atoms with Crippen LogP contribution in [0.2, 0.25) is 0 Å². The van der Waals surface area contributed by atoms with Crippen LogP contribution in [0, 0.1) is 10.1 Å². The summed E-state index contributed by atoms with van der Waals surface area (Å²) in [4.78, 5) is 22.4. The molecule has 1 heterocycles. The molecule has 0 saturated carbocycles. The number of fused-ring (bicyclic) bond motifs is 1. The second-order valence-electron chi connectivity index (χ2n) is 6.28. The zero-order chi connectivity index (χ0) is 20.2. The number of nitrogens with one attached hydrogen (secondary N) is 2. The molecule has 0 unspecified atom stereocenters. The predicted molar refractivity (Wildman–Crippen MR) is 110 cm³/mol. The van der Waals surface area contributed by atoms with Gasteiger partial charge in [-0.3, -0.25) is 20.0 Å². The van der Waals surface area contributed by atoms with Crippen molar-refractivity contribution in [3.05, 3.63) is 94.2 Å². The maximum absolute atomic E-state index is 12.2. The third kappa shape index (κ3) is 4.01. The van der Waals surface area contributed by atoms with Crippen molar-refractivity contribution in [2.24, 2.45) is 5.10 Å². The molecule has 0 aliphatic rings. The van der Waals surface area contributed by atoms with Gasteiger partial charge in [0.2, 0.25) is 0 Å². The van der Waals surface area contributed by atoms with Crippen molar-refractivity contribution in [3.8, 4) is 11.3 Å². The predicted octanol–water partition coefficient (Wildman–Crippen LogP) is 3.90. The minimum atomic E-state index is -0.478. The van der Waals surface area contributed by atoms with Crippen molar-refractivity contribution in [1.82, 2.24) is 15.6 Å². The van der Waals surface area contributed by atoms with Crippen LogP contribution < -0.4 is 5.43 Å². The van der Waals surface area contributed by atoms with Gasteiger partial charge in [0, 0.05) is 17.7 Å². The van der Waals surface area contributed by atoms with Gasteiger partial charge >= 0.3 is 0 Å². The number of hydrogen-bond donors (Lipinski definition) is 2. The Hall–Kier alpha value is -4.33. The van der Waals surface area contributed by atoms with Crippen molar-refractivity contribution in [1.29, 1.82) is 0 Å². The Morgan fingerprint density at radius 2 is 1.79 bits per heavy atom. The van der Waals surface area contributed by atoms with Gasteiger partial charge < -0.3 is 0 Å². The lowest BCUT2D eigenvalue weighted by Crippen LogP contribution is -2.17. The lowest BCUT2D eigenvalue weighted by Gasteiger charge is -2.00. The molecule has 0 saturated heterocycles. The summed E-state index contributed by atoms with van der Waals surface area (Å²) in [6.07, 6.45) is 1.40. The largest absolute Gasteiger partial charge is 0.289 e. The number of nitrogens with zero attached hydrogens (tertiary/aromatic N) is 3. The van der Waals surface area contributed by atoms with Crippen LogP contribution in [-0.4, -0.2) is 27.2 Å². The summed E-state index contributed by atoms with van der Waals surface area (Å²) in [6.45, 7) is 0. The number of benzene rings is 3. The highest BCUT2D eigenvalue weighted by molar-refractivity contribution is 5.94. The Balaban J connectivity index is 1.44. The van der Waals surface area contributed by atoms with Crippen LogP contribution in [-0.2, 0) is 0 Å². The summed E-state index contributed by atoms with van der Waals surface area (Å²) < 4.78 is 0. The van der Waals surface area contributed by atoms with Gasteiger partial charge in [-0.1, -0.05) is 36.4 Å². The number of carbonyl (C=O) groups excluding carboxylic acids is 1. The van der Waals surface area contributed by atoms with Crippen LogP contribution in [0.5, 0.6) is 0 Å². The highest BCUT2D eigenvalue weighted by Gasteiger charge is 2.11. The van der Waals surface area contributed by atoms with Crippen LogP contribution in [0.15, 0.2) is 77.9 Å². The molecule has 8 heteroatoms. The second kappa shape index (κ2) is 7.73. The fourth-order valence-electron chi connectivity index (χ4n) is 2.84. The second-order valence-corrected chi connectivity index (χ2v) is 6.28. The number of nitro groups is 1. The molecule has 0 aliphatic heterocycles. The van der Waals surface area contributed by atoms with E-state index in [1.807, 2.05) is 42.5 Å². The van der Waals surface area contributed by atoms with Crippen molar-refractivity contribution in [2.75, 3.05) is 0 Å². The number of aromatic nitrogens is 2. The molecule has 4 rings (SSSR count). The Morgan fingerprint density at radius 1 is 1.03 bits per heavy atom. The van der Waals surface area contributed by atoms with E-state index >= 15 is 0 Å². The molecule has 1 aromatic heterocycles. The number of rotatable bonds is 5. The number of hydrazone groups is 1. The Bertz CT molecular complexity index is 1230. The van der Waals surface area contributed by atoms with E-state index in [1.165, 1.54) is 18.3 Å². The Morgan fingerprint density at radius 3 is 2.55 bits per heavy atom. The standard InChI is InChI=1S/C21H15N5O3/c27-21(25-22-13-14-5-9-18(10-6-14)26(28)29)20-12-19(23-24-20)17-8-7-15-3-1-2-4-16(15)11-17/h1-13H,(H,23,24)(H,25,27). The topological polar surface area (TPSA) is 113 Å². The molecular weight excluding hydrogens is 370 g/mol. The Kier molecular flexibility index (Phi) is 4.81. The summed E-state index contributed by atoms with van der Waals surface area (Å²) in [5.74, 6) is -0.442. The number of amides is 1. The van der Waals surface area contributed by atoms with Gasteiger partial charge in [0.05, 0.1) is 16.8 Å². The molecule has 3 aromatic carbocycles. The van der Waals surface area contributed by atoms with E-state index < -0.39 is 10.8 Å². The third-order valence-corrected chi connectivity index (χ3v) is 4.35. The van der Waals surface area contributed by atoms with E-state index in [0.717, 1.165) is 16.3 Å². The molecule has 1 amide bonds. The third-order valence-electron chi connectivity index (χ3n) is 4.35. The van der Waals surface area contributed by atoms with E-state index in [9.17, 15) is 14.9 Å². The van der Waals surface area contributed by atoms with Gasteiger partial charge in [0.15, 0.2) is 0 Å². The normalized spacial score (nSPS) is 11.0. The number of non-ortho nitro benzene ring substituents is 1. The molecule has 0 bridgehead atoms. The maximum atomic E-state index is 12.2. The molecule has 2 N–H and O–H groups in total. The zero-order valence-corrected chi connectivity index (χ0v) is 15.1. The first-order valence-corrected chi connectivity index (χ1v) is 8.72. The fraction of sp³-hybridized carbons (Fsp3) is 0. The summed E-state index contributed by atoms with van der Waals surface area (Å²) in [5, 5.41) is 23.7. The van der Waals surface area contributed by atoms with E-state index in [2.05, 4.69) is 20.7 Å². The summed E-state index contributed by atoms with van der Waals surface area (Å²) >= 11 is 0. The first kappa shape index (κ1) is 18.1. The number of nitro benzene ring substituents is 1. The molecule has 0 atom stereocenters. The lowest BCUT2D eigenvalue weighted by atomic mass is 10.1. The van der Waals surface area contributed by atoms with Gasteiger partial charge in [0.25, 0.3) is 11.6 Å². The monoisotopic (exact) mass is 385 g/mol. The average Bonchev–Trinajstić information content (AvgIpc) is 3.24. The number of carbonyl (C=O) groups is 1. The van der Waals surface area contributed by atoms with E-state index in [0.29, 0.717) is 11.3 Å². The van der Waals surface area contributed by atoms with Crippen LogP contribution >= 0.6 is 0 Å². The van der Waals surface area contributed by atoms with Gasteiger partial charge in [-0.2, -0.15) is 10.2 Å². The van der Waals surface area contributed by atoms with Gasteiger partial charge in [-0.25, -0.2) is 5.43 Å². The molecule has 29 heavy (non-hydrogen) atoms. The van der Waals surface area contributed by atoms with Gasteiger partial charge in [-0.15, -0.1) is 0 Å². The molecule has 0 aliphatic carbocycles. The minimum Gasteiger partial charge on any atom is -0.272 e. The number of hydrogen-bond acceptors (Lipinski definition) is 5. The molecule has 0 radical (unpaired) electrons. The van der Waals surface area contributed by atoms with Crippen molar-refractivity contribution >= 4 is 28.6 Å². The highest BCUT2D eigenvalue weighted by atomic mass is 16.6. The SMILES string of the molecule is O=C(NN=Cc1ccc([N+](=O)[O-])cc1)c1cc(-c2ccc3ccccc3c2)n[nH]1. The van der Waals surface area contributed by atoms with Crippen molar-refractivity contribution in [3.63, 3.8) is 0 Å². The highest BCUT2D eigenvalue weighted by Crippen LogP contribution is 2.23. The molecule has 0 spiro atoms. The van der Waals surface area contributed by atoms with Gasteiger partial charge in [0.1, 0.15) is 5.69 Å². The van der Waals surface area contributed by atoms with Crippen LogP contribution in [0.4, 0.5) is 5.69 Å². The van der Waals surface area contributed by atoms with Crippen LogP contribution in [0.1, 0.15) is 16.1 Å². The van der Waals surface area contributed by atoms with Crippen LogP contribution in [0.25, 0.3) is 22.0 Å².